The molecule has 166 valence electrons. The highest BCUT2D eigenvalue weighted by Gasteiger charge is 2.45. The molecule has 3 N–H and O–H groups in total. The van der Waals surface area contributed by atoms with E-state index in [-0.39, 0.29) is 35.8 Å². The van der Waals surface area contributed by atoms with Gasteiger partial charge >= 0.3 is 0 Å². The summed E-state index contributed by atoms with van der Waals surface area (Å²) in [5.41, 5.74) is 0.860. The maximum Gasteiger partial charge on any atom is 0.239 e. The molecule has 0 saturated carbocycles. The lowest BCUT2D eigenvalue weighted by Crippen LogP contribution is -2.49. The molecule has 0 spiro atoms. The number of imidazole rings is 1. The summed E-state index contributed by atoms with van der Waals surface area (Å²) in [5, 5.41) is 5.96. The Balaban J connectivity index is 1.30. The number of amides is 2. The zero-order chi connectivity index (χ0) is 21.8. The van der Waals surface area contributed by atoms with Gasteiger partial charge in [-0.1, -0.05) is 12.1 Å². The van der Waals surface area contributed by atoms with Gasteiger partial charge in [0.2, 0.25) is 11.8 Å². The van der Waals surface area contributed by atoms with Crippen molar-refractivity contribution in [3.05, 3.63) is 53.9 Å². The monoisotopic (exact) mass is 428 g/mol. The minimum Gasteiger partial charge on any atom is -0.353 e. The summed E-state index contributed by atoms with van der Waals surface area (Å²) in [7, 11) is 2.05. The Labute approximate surface area is 181 Å². The van der Waals surface area contributed by atoms with E-state index in [4.69, 9.17) is 0 Å². The van der Waals surface area contributed by atoms with Gasteiger partial charge in [-0.05, 0) is 37.6 Å². The lowest BCUT2D eigenvalue weighted by molar-refractivity contribution is -0.126. The first-order valence-corrected chi connectivity index (χ1v) is 10.7. The number of fused-ring (bicyclic) bond motifs is 1. The van der Waals surface area contributed by atoms with Crippen LogP contribution in [0, 0.1) is 5.82 Å². The fourth-order valence-electron chi connectivity index (χ4n) is 4.59. The highest BCUT2D eigenvalue weighted by atomic mass is 19.1. The second-order valence-electron chi connectivity index (χ2n) is 8.31. The minimum atomic E-state index is -0.290. The van der Waals surface area contributed by atoms with Crippen LogP contribution < -0.4 is 10.6 Å². The molecule has 31 heavy (non-hydrogen) atoms. The summed E-state index contributed by atoms with van der Waals surface area (Å²) < 4.78 is 13.0. The maximum absolute atomic E-state index is 13.0. The van der Waals surface area contributed by atoms with Crippen molar-refractivity contribution in [2.75, 3.05) is 20.1 Å². The van der Waals surface area contributed by atoms with Crippen LogP contribution in [0.2, 0.25) is 0 Å². The molecule has 3 heterocycles. The van der Waals surface area contributed by atoms with Gasteiger partial charge in [0, 0.05) is 50.5 Å². The Morgan fingerprint density at radius 1 is 1.32 bits per heavy atom. The summed E-state index contributed by atoms with van der Waals surface area (Å²) >= 11 is 0. The second-order valence-corrected chi connectivity index (χ2v) is 8.31. The first-order chi connectivity index (χ1) is 15.0. The average molecular weight is 429 g/mol. The number of aromatic amines is 1. The summed E-state index contributed by atoms with van der Waals surface area (Å²) in [6.07, 6.45) is 5.45. The van der Waals surface area contributed by atoms with Crippen LogP contribution in [-0.4, -0.2) is 69.8 Å². The Kier molecular flexibility index (Phi) is 6.62. The molecule has 2 amide bonds. The third kappa shape index (κ3) is 5.11. The Morgan fingerprint density at radius 3 is 2.87 bits per heavy atom. The largest absolute Gasteiger partial charge is 0.353 e. The number of hydrogen-bond donors (Lipinski definition) is 3. The molecule has 8 nitrogen and oxygen atoms in total. The van der Waals surface area contributed by atoms with Crippen molar-refractivity contribution >= 4 is 11.8 Å². The van der Waals surface area contributed by atoms with Gasteiger partial charge in [-0.3, -0.25) is 19.4 Å². The van der Waals surface area contributed by atoms with Crippen LogP contribution in [0.25, 0.3) is 0 Å². The number of aromatic nitrogens is 2. The predicted molar refractivity (Wildman–Crippen MR) is 113 cm³/mol. The summed E-state index contributed by atoms with van der Waals surface area (Å²) in [5.74, 6) is 0.566. The molecule has 3 unspecified atom stereocenters. The zero-order valence-electron chi connectivity index (χ0n) is 17.7. The smallest absolute Gasteiger partial charge is 0.239 e. The molecular formula is C22H29FN6O2. The molecule has 0 bridgehead atoms. The highest BCUT2D eigenvalue weighted by molar-refractivity contribution is 5.83. The van der Waals surface area contributed by atoms with Crippen LogP contribution in [-0.2, 0) is 22.7 Å². The minimum absolute atomic E-state index is 0.0455. The summed E-state index contributed by atoms with van der Waals surface area (Å²) in [6.45, 7) is 2.36. The first-order valence-electron chi connectivity index (χ1n) is 10.7. The van der Waals surface area contributed by atoms with Crippen LogP contribution in [0.1, 0.15) is 30.7 Å². The molecule has 2 saturated heterocycles. The second kappa shape index (κ2) is 9.57. The van der Waals surface area contributed by atoms with E-state index in [2.05, 4.69) is 37.4 Å². The number of H-pyrrole nitrogens is 1. The molecule has 9 heteroatoms. The number of nitrogens with zero attached hydrogens (tertiary/aromatic N) is 3. The lowest BCUT2D eigenvalue weighted by Gasteiger charge is -2.33. The molecule has 2 aliphatic rings. The quantitative estimate of drug-likeness (QED) is 0.612. The van der Waals surface area contributed by atoms with Crippen LogP contribution in [0.5, 0.6) is 0 Å². The van der Waals surface area contributed by atoms with Crippen molar-refractivity contribution in [3.8, 4) is 0 Å². The molecule has 0 radical (unpaired) electrons. The van der Waals surface area contributed by atoms with Gasteiger partial charge in [-0.2, -0.15) is 0 Å². The predicted octanol–water partition coefficient (Wildman–Crippen LogP) is 1.02. The molecule has 2 aliphatic heterocycles. The normalized spacial score (nSPS) is 24.5. The molecule has 0 aliphatic carbocycles. The summed E-state index contributed by atoms with van der Waals surface area (Å²) in [6, 6.07) is 6.10. The molecule has 1 aromatic carbocycles. The van der Waals surface area contributed by atoms with E-state index in [1.807, 2.05) is 0 Å². The fourth-order valence-corrected chi connectivity index (χ4v) is 4.59. The van der Waals surface area contributed by atoms with Crippen LogP contribution >= 0.6 is 0 Å². The number of hydrogen-bond acceptors (Lipinski definition) is 5. The van der Waals surface area contributed by atoms with Gasteiger partial charge in [0.15, 0.2) is 0 Å². The SMILES string of the molecule is CN1C(CCC(=O)NCc2ccc(F)cc2)CNC(=O)C2C1CCN2Cc1ncc[nH]1. The van der Waals surface area contributed by atoms with E-state index in [0.717, 1.165) is 24.4 Å². The Hall–Kier alpha value is -2.78. The van der Waals surface area contributed by atoms with E-state index < -0.39 is 0 Å². The van der Waals surface area contributed by atoms with Crippen molar-refractivity contribution in [3.63, 3.8) is 0 Å². The van der Waals surface area contributed by atoms with Gasteiger partial charge in [-0.15, -0.1) is 0 Å². The van der Waals surface area contributed by atoms with E-state index in [1.165, 1.54) is 12.1 Å². The number of carbonyl (C=O) groups is 2. The summed E-state index contributed by atoms with van der Waals surface area (Å²) in [4.78, 5) is 37.0. The number of likely N-dealkylation sites (N-methyl/N-ethyl adjacent to an activating group) is 1. The van der Waals surface area contributed by atoms with Gasteiger partial charge in [0.25, 0.3) is 0 Å². The average Bonchev–Trinajstić information content (AvgIpc) is 3.40. The number of likely N-dealkylation sites (tertiary alicyclic amines) is 1. The van der Waals surface area contributed by atoms with E-state index in [1.54, 1.807) is 24.5 Å². The highest BCUT2D eigenvalue weighted by Crippen LogP contribution is 2.28. The number of benzene rings is 1. The molecule has 2 fully saturated rings. The first kappa shape index (κ1) is 21.5. The van der Waals surface area contributed by atoms with Crippen LogP contribution in [0.3, 0.4) is 0 Å². The van der Waals surface area contributed by atoms with E-state index in [9.17, 15) is 14.0 Å². The number of nitrogens with one attached hydrogen (secondary N) is 3. The topological polar surface area (TPSA) is 93.4 Å². The van der Waals surface area contributed by atoms with Crippen LogP contribution in [0.15, 0.2) is 36.7 Å². The maximum atomic E-state index is 13.0. The third-order valence-electron chi connectivity index (χ3n) is 6.36. The third-order valence-corrected chi connectivity index (χ3v) is 6.36. The standard InChI is InChI=1S/C22H29FN6O2/c1-28-17(6-7-20(30)26-12-15-2-4-16(23)5-3-15)13-27-22(31)21-18(28)8-11-29(21)14-19-24-9-10-25-19/h2-5,9-10,17-18,21H,6-8,11-14H2,1H3,(H,24,25)(H,26,30)(H,27,31). The van der Waals surface area contributed by atoms with Crippen LogP contribution in [0.4, 0.5) is 4.39 Å². The van der Waals surface area contributed by atoms with E-state index >= 15 is 0 Å². The number of carbonyl (C=O) groups excluding carboxylic acids is 2. The number of rotatable bonds is 7. The molecule has 2 aromatic rings. The van der Waals surface area contributed by atoms with Gasteiger partial charge in [0.05, 0.1) is 6.54 Å². The van der Waals surface area contributed by atoms with E-state index in [0.29, 0.717) is 32.5 Å². The van der Waals surface area contributed by atoms with Crippen molar-refractivity contribution in [1.82, 2.24) is 30.4 Å². The number of halogens is 1. The lowest BCUT2D eigenvalue weighted by atomic mass is 10.0. The fraction of sp³-hybridized carbons (Fsp3) is 0.500. The Morgan fingerprint density at radius 2 is 2.13 bits per heavy atom. The van der Waals surface area contributed by atoms with Crippen molar-refractivity contribution in [2.24, 2.45) is 0 Å². The molecular weight excluding hydrogens is 399 g/mol. The molecule has 3 atom stereocenters. The molecule has 4 rings (SSSR count). The zero-order valence-corrected chi connectivity index (χ0v) is 17.7. The van der Waals surface area contributed by atoms with Gasteiger partial charge in [0.1, 0.15) is 17.7 Å². The molecule has 1 aromatic heterocycles. The van der Waals surface area contributed by atoms with Gasteiger partial charge in [-0.25, -0.2) is 9.37 Å². The Bertz CT molecular complexity index is 888. The van der Waals surface area contributed by atoms with Crippen molar-refractivity contribution < 1.29 is 14.0 Å². The van der Waals surface area contributed by atoms with Crippen molar-refractivity contribution in [1.29, 1.82) is 0 Å². The van der Waals surface area contributed by atoms with Gasteiger partial charge < -0.3 is 15.6 Å². The van der Waals surface area contributed by atoms with Crippen molar-refractivity contribution in [2.45, 2.75) is 50.5 Å².